The Morgan fingerprint density at radius 2 is 1.69 bits per heavy atom. The van der Waals surface area contributed by atoms with E-state index in [1.807, 2.05) is 24.3 Å². The number of H-pyrrole nitrogens is 1. The Balaban J connectivity index is 1.47. The number of para-hydroxylation sites is 2. The lowest BCUT2D eigenvalue weighted by Gasteiger charge is -2.15. The highest BCUT2D eigenvalue weighted by atomic mass is 16.5. The van der Waals surface area contributed by atoms with Gasteiger partial charge >= 0.3 is 0 Å². The second-order valence-electron chi connectivity index (χ2n) is 6.83. The molecule has 0 aliphatic heterocycles. The van der Waals surface area contributed by atoms with Gasteiger partial charge in [0.25, 0.3) is 5.91 Å². The van der Waals surface area contributed by atoms with E-state index in [1.165, 1.54) is 0 Å². The number of rotatable bonds is 8. The monoisotopic (exact) mass is 433 g/mol. The van der Waals surface area contributed by atoms with Gasteiger partial charge in [-0.1, -0.05) is 18.2 Å². The summed E-state index contributed by atoms with van der Waals surface area (Å²) in [5.74, 6) is 2.37. The summed E-state index contributed by atoms with van der Waals surface area (Å²) in [7, 11) is 4.64. The first kappa shape index (κ1) is 21.0. The number of amides is 1. The molecule has 0 saturated heterocycles. The van der Waals surface area contributed by atoms with Gasteiger partial charge in [0.1, 0.15) is 17.3 Å². The van der Waals surface area contributed by atoms with Gasteiger partial charge in [0, 0.05) is 17.8 Å². The van der Waals surface area contributed by atoms with Gasteiger partial charge in [-0.2, -0.15) is 0 Å². The Hall–Kier alpha value is -4.27. The van der Waals surface area contributed by atoms with Gasteiger partial charge in [0.2, 0.25) is 5.75 Å². The van der Waals surface area contributed by atoms with Crippen LogP contribution in [0.1, 0.15) is 16.3 Å². The Morgan fingerprint density at radius 1 is 0.938 bits per heavy atom. The SMILES string of the molecule is COc1cc(Nc2cccc(C(=O)NCc3nc4ccccc4[nH]3)n2)cc(OC)c1OC. The minimum absolute atomic E-state index is 0.264. The van der Waals surface area contributed by atoms with Crippen molar-refractivity contribution in [2.24, 2.45) is 0 Å². The second kappa shape index (κ2) is 9.25. The highest BCUT2D eigenvalue weighted by Crippen LogP contribution is 2.40. The maximum absolute atomic E-state index is 12.6. The molecule has 9 heteroatoms. The van der Waals surface area contributed by atoms with Crippen molar-refractivity contribution >= 4 is 28.4 Å². The molecule has 0 aliphatic rings. The number of imidazole rings is 1. The van der Waals surface area contributed by atoms with E-state index in [-0.39, 0.29) is 18.1 Å². The van der Waals surface area contributed by atoms with Crippen LogP contribution >= 0.6 is 0 Å². The Kier molecular flexibility index (Phi) is 6.07. The number of nitrogens with zero attached hydrogens (tertiary/aromatic N) is 2. The van der Waals surface area contributed by atoms with Crippen LogP contribution in [0.5, 0.6) is 17.2 Å². The van der Waals surface area contributed by atoms with Crippen molar-refractivity contribution in [3.63, 3.8) is 0 Å². The normalized spacial score (nSPS) is 10.6. The molecular weight excluding hydrogens is 410 g/mol. The molecule has 9 nitrogen and oxygen atoms in total. The first-order valence-corrected chi connectivity index (χ1v) is 9.87. The number of ether oxygens (including phenoxy) is 3. The Morgan fingerprint density at radius 3 is 2.38 bits per heavy atom. The van der Waals surface area contributed by atoms with Crippen LogP contribution in [0.2, 0.25) is 0 Å². The van der Waals surface area contributed by atoms with Gasteiger partial charge in [-0.05, 0) is 24.3 Å². The molecule has 0 unspecified atom stereocenters. The largest absolute Gasteiger partial charge is 0.493 e. The van der Waals surface area contributed by atoms with Crippen LogP contribution in [0.15, 0.2) is 54.6 Å². The molecule has 0 aliphatic carbocycles. The lowest BCUT2D eigenvalue weighted by Crippen LogP contribution is -2.24. The molecule has 32 heavy (non-hydrogen) atoms. The van der Waals surface area contributed by atoms with Gasteiger partial charge in [-0.3, -0.25) is 4.79 Å². The van der Waals surface area contributed by atoms with Crippen LogP contribution in [0.3, 0.4) is 0 Å². The summed E-state index contributed by atoms with van der Waals surface area (Å²) in [5.41, 5.74) is 2.73. The van der Waals surface area contributed by atoms with Crippen molar-refractivity contribution in [3.05, 3.63) is 66.1 Å². The summed E-state index contributed by atoms with van der Waals surface area (Å²) in [5, 5.41) is 6.01. The quantitative estimate of drug-likeness (QED) is 0.389. The summed E-state index contributed by atoms with van der Waals surface area (Å²) < 4.78 is 16.1. The van der Waals surface area contributed by atoms with Crippen molar-refractivity contribution in [1.82, 2.24) is 20.3 Å². The van der Waals surface area contributed by atoms with Gasteiger partial charge in [-0.25, -0.2) is 9.97 Å². The number of methoxy groups -OCH3 is 3. The van der Waals surface area contributed by atoms with Crippen LogP contribution in [-0.4, -0.2) is 42.2 Å². The van der Waals surface area contributed by atoms with E-state index in [0.29, 0.717) is 34.6 Å². The standard InChI is InChI=1S/C23H23N5O4/c1-30-18-11-14(12-19(31-2)22(18)32-3)25-20-10-6-9-17(28-20)23(29)24-13-21-26-15-7-4-5-8-16(15)27-21/h4-12H,13H2,1-3H3,(H,24,29)(H,25,28)(H,26,27). The second-order valence-corrected chi connectivity index (χ2v) is 6.83. The predicted octanol–water partition coefficient (Wildman–Crippen LogP) is 3.66. The summed E-state index contributed by atoms with van der Waals surface area (Å²) >= 11 is 0. The molecule has 4 rings (SSSR count). The highest BCUT2D eigenvalue weighted by molar-refractivity contribution is 5.92. The molecule has 2 aromatic heterocycles. The third-order valence-corrected chi connectivity index (χ3v) is 4.77. The van der Waals surface area contributed by atoms with Crippen molar-refractivity contribution in [3.8, 4) is 17.2 Å². The number of hydrogen-bond donors (Lipinski definition) is 3. The van der Waals surface area contributed by atoms with Crippen LogP contribution in [0.4, 0.5) is 11.5 Å². The van der Waals surface area contributed by atoms with E-state index >= 15 is 0 Å². The number of fused-ring (bicyclic) bond motifs is 1. The minimum Gasteiger partial charge on any atom is -0.493 e. The van der Waals surface area contributed by atoms with Crippen molar-refractivity contribution < 1.29 is 19.0 Å². The fourth-order valence-corrected chi connectivity index (χ4v) is 3.28. The van der Waals surface area contributed by atoms with E-state index in [4.69, 9.17) is 14.2 Å². The predicted molar refractivity (Wildman–Crippen MR) is 121 cm³/mol. The summed E-state index contributed by atoms with van der Waals surface area (Å²) in [6, 6.07) is 16.4. The van der Waals surface area contributed by atoms with E-state index in [1.54, 1.807) is 51.7 Å². The van der Waals surface area contributed by atoms with E-state index in [0.717, 1.165) is 11.0 Å². The molecule has 0 spiro atoms. The average Bonchev–Trinajstić information content (AvgIpc) is 3.25. The molecule has 1 amide bonds. The lowest BCUT2D eigenvalue weighted by atomic mass is 10.2. The summed E-state index contributed by atoms with van der Waals surface area (Å²) in [6.07, 6.45) is 0. The number of anilines is 2. The molecule has 0 fully saturated rings. The Labute approximate surface area is 184 Å². The number of carbonyl (C=O) groups excluding carboxylic acids is 1. The third-order valence-electron chi connectivity index (χ3n) is 4.77. The first-order valence-electron chi connectivity index (χ1n) is 9.87. The van der Waals surface area contributed by atoms with Crippen LogP contribution in [0, 0.1) is 0 Å². The molecule has 0 radical (unpaired) electrons. The molecule has 4 aromatic rings. The maximum Gasteiger partial charge on any atom is 0.270 e. The number of nitrogens with one attached hydrogen (secondary N) is 3. The molecule has 0 atom stereocenters. The van der Waals surface area contributed by atoms with E-state index in [9.17, 15) is 4.79 Å². The van der Waals surface area contributed by atoms with Crippen molar-refractivity contribution in [2.75, 3.05) is 26.6 Å². The van der Waals surface area contributed by atoms with Crippen LogP contribution < -0.4 is 24.8 Å². The summed E-state index contributed by atoms with van der Waals surface area (Å²) in [6.45, 7) is 0.264. The fraction of sp³-hybridized carbons (Fsp3) is 0.174. The maximum atomic E-state index is 12.6. The van der Waals surface area contributed by atoms with Gasteiger partial charge in [-0.15, -0.1) is 0 Å². The van der Waals surface area contributed by atoms with E-state index < -0.39 is 0 Å². The van der Waals surface area contributed by atoms with Gasteiger partial charge in [0.05, 0.1) is 38.9 Å². The number of carbonyl (C=O) groups is 1. The molecule has 2 aromatic carbocycles. The number of aromatic amines is 1. The third kappa shape index (κ3) is 4.41. The molecule has 0 saturated carbocycles. The zero-order valence-corrected chi connectivity index (χ0v) is 17.9. The molecular formula is C23H23N5O4. The molecule has 2 heterocycles. The smallest absolute Gasteiger partial charge is 0.270 e. The van der Waals surface area contributed by atoms with Gasteiger partial charge in [0.15, 0.2) is 11.5 Å². The van der Waals surface area contributed by atoms with Crippen molar-refractivity contribution in [2.45, 2.75) is 6.54 Å². The molecule has 0 bridgehead atoms. The number of aromatic nitrogens is 3. The zero-order valence-electron chi connectivity index (χ0n) is 17.9. The number of hydrogen-bond acceptors (Lipinski definition) is 7. The van der Waals surface area contributed by atoms with Crippen LogP contribution in [0.25, 0.3) is 11.0 Å². The fourth-order valence-electron chi connectivity index (χ4n) is 3.28. The first-order chi connectivity index (χ1) is 15.6. The lowest BCUT2D eigenvalue weighted by molar-refractivity contribution is 0.0945. The number of benzene rings is 2. The highest BCUT2D eigenvalue weighted by Gasteiger charge is 2.14. The summed E-state index contributed by atoms with van der Waals surface area (Å²) in [4.78, 5) is 24.7. The molecule has 164 valence electrons. The topological polar surface area (TPSA) is 110 Å². The zero-order chi connectivity index (χ0) is 22.5. The van der Waals surface area contributed by atoms with Gasteiger partial charge < -0.3 is 29.8 Å². The Bertz CT molecular complexity index is 1200. The average molecular weight is 433 g/mol. The van der Waals surface area contributed by atoms with Crippen molar-refractivity contribution in [1.29, 1.82) is 0 Å². The minimum atomic E-state index is -0.306. The molecule has 3 N–H and O–H groups in total. The number of pyridine rings is 1. The van der Waals surface area contributed by atoms with Crippen LogP contribution in [-0.2, 0) is 6.54 Å². The van der Waals surface area contributed by atoms with E-state index in [2.05, 4.69) is 25.6 Å².